The van der Waals surface area contributed by atoms with Gasteiger partial charge in [-0.3, -0.25) is 4.90 Å². The van der Waals surface area contributed by atoms with E-state index >= 15 is 0 Å². The first kappa shape index (κ1) is 14.5. The molecule has 0 bridgehead atoms. The molecule has 0 saturated carbocycles. The van der Waals surface area contributed by atoms with Gasteiger partial charge in [-0.25, -0.2) is 0 Å². The van der Waals surface area contributed by atoms with Crippen LogP contribution >= 0.6 is 0 Å². The molecular formula is C15H24N2O2. The number of hydrogen-bond donors (Lipinski definition) is 2. The number of hydrogen-bond acceptors (Lipinski definition) is 4. The van der Waals surface area contributed by atoms with Crippen LogP contribution in [0.3, 0.4) is 0 Å². The van der Waals surface area contributed by atoms with Crippen molar-refractivity contribution in [3.8, 4) is 0 Å². The third kappa shape index (κ3) is 3.76. The highest BCUT2D eigenvalue weighted by Crippen LogP contribution is 2.20. The highest BCUT2D eigenvalue weighted by atomic mass is 16.5. The van der Waals surface area contributed by atoms with Crippen molar-refractivity contribution in [2.75, 3.05) is 32.8 Å². The minimum Gasteiger partial charge on any atom is -0.394 e. The average Bonchev–Trinajstić information content (AvgIpc) is 2.64. The van der Waals surface area contributed by atoms with E-state index in [0.717, 1.165) is 31.7 Å². The summed E-state index contributed by atoms with van der Waals surface area (Å²) in [5.41, 5.74) is 6.69. The lowest BCUT2D eigenvalue weighted by Gasteiger charge is -2.34. The Morgan fingerprint density at radius 1 is 1.42 bits per heavy atom. The summed E-state index contributed by atoms with van der Waals surface area (Å²) in [5.74, 6) is 0. The molecule has 1 saturated heterocycles. The lowest BCUT2D eigenvalue weighted by molar-refractivity contribution is 0.0601. The summed E-state index contributed by atoms with van der Waals surface area (Å²) in [7, 11) is 0. The Bertz CT molecular complexity index is 385. The van der Waals surface area contributed by atoms with Gasteiger partial charge in [0.1, 0.15) is 0 Å². The minimum atomic E-state index is -0.703. The molecule has 19 heavy (non-hydrogen) atoms. The van der Waals surface area contributed by atoms with E-state index in [9.17, 15) is 5.11 Å². The second kappa shape index (κ2) is 6.48. The van der Waals surface area contributed by atoms with E-state index in [1.807, 2.05) is 30.3 Å². The lowest BCUT2D eigenvalue weighted by atomic mass is 9.91. The molecule has 1 fully saturated rings. The average molecular weight is 264 g/mol. The number of nitrogens with two attached hydrogens (primary N) is 1. The molecule has 0 radical (unpaired) electrons. The summed E-state index contributed by atoms with van der Waals surface area (Å²) < 4.78 is 5.64. The third-order valence-corrected chi connectivity index (χ3v) is 3.67. The van der Waals surface area contributed by atoms with Crippen LogP contribution in [-0.2, 0) is 10.3 Å². The second-order valence-corrected chi connectivity index (χ2v) is 5.45. The fourth-order valence-corrected chi connectivity index (χ4v) is 2.63. The lowest BCUT2D eigenvalue weighted by Crippen LogP contribution is -2.51. The zero-order chi connectivity index (χ0) is 13.7. The molecular weight excluding hydrogens is 240 g/mol. The number of aliphatic hydroxyl groups excluding tert-OH is 1. The second-order valence-electron chi connectivity index (χ2n) is 5.45. The zero-order valence-electron chi connectivity index (χ0n) is 11.6. The Hall–Kier alpha value is -0.940. The largest absolute Gasteiger partial charge is 0.394 e. The normalized spacial score (nSPS) is 24.7. The molecule has 0 aliphatic carbocycles. The van der Waals surface area contributed by atoms with Gasteiger partial charge in [0.25, 0.3) is 0 Å². The molecule has 2 atom stereocenters. The first-order valence-electron chi connectivity index (χ1n) is 6.93. The SMILES string of the molecule is CC1CN(CC(N)(CO)c2ccccc2)CCCO1. The van der Waals surface area contributed by atoms with Crippen LogP contribution in [0, 0.1) is 0 Å². The summed E-state index contributed by atoms with van der Waals surface area (Å²) in [4.78, 5) is 2.29. The van der Waals surface area contributed by atoms with Crippen LogP contribution in [0.5, 0.6) is 0 Å². The van der Waals surface area contributed by atoms with E-state index in [1.54, 1.807) is 0 Å². The van der Waals surface area contributed by atoms with Gasteiger partial charge in [-0.15, -0.1) is 0 Å². The number of benzene rings is 1. The van der Waals surface area contributed by atoms with E-state index in [1.165, 1.54) is 0 Å². The van der Waals surface area contributed by atoms with E-state index < -0.39 is 5.54 Å². The molecule has 106 valence electrons. The molecule has 1 aromatic rings. The quantitative estimate of drug-likeness (QED) is 0.850. The highest BCUT2D eigenvalue weighted by Gasteiger charge is 2.30. The van der Waals surface area contributed by atoms with Gasteiger partial charge in [0, 0.05) is 26.2 Å². The van der Waals surface area contributed by atoms with Crippen LogP contribution in [0.25, 0.3) is 0 Å². The summed E-state index contributed by atoms with van der Waals surface area (Å²) in [6, 6.07) is 9.84. The van der Waals surface area contributed by atoms with E-state index in [0.29, 0.717) is 6.54 Å². The molecule has 1 aliphatic rings. The standard InChI is InChI=1S/C15H24N2O2/c1-13-10-17(8-5-9-19-13)11-15(16,12-18)14-6-3-2-4-7-14/h2-4,6-7,13,18H,5,8-12,16H2,1H3. The van der Waals surface area contributed by atoms with Gasteiger partial charge >= 0.3 is 0 Å². The molecule has 0 amide bonds. The number of ether oxygens (including phenoxy) is 1. The summed E-state index contributed by atoms with van der Waals surface area (Å²) in [5, 5.41) is 9.72. The van der Waals surface area contributed by atoms with Crippen LogP contribution in [0.2, 0.25) is 0 Å². The maximum absolute atomic E-state index is 9.72. The summed E-state index contributed by atoms with van der Waals surface area (Å²) >= 11 is 0. The van der Waals surface area contributed by atoms with Crippen LogP contribution in [-0.4, -0.2) is 49.0 Å². The molecule has 4 heteroatoms. The Morgan fingerprint density at radius 3 is 2.84 bits per heavy atom. The van der Waals surface area contributed by atoms with Crippen LogP contribution in [0.15, 0.2) is 30.3 Å². The van der Waals surface area contributed by atoms with Gasteiger partial charge < -0.3 is 15.6 Å². The Kier molecular flexibility index (Phi) is 4.93. The number of nitrogens with zero attached hydrogens (tertiary/aromatic N) is 1. The van der Waals surface area contributed by atoms with Crippen molar-refractivity contribution in [1.29, 1.82) is 0 Å². The van der Waals surface area contributed by atoms with Gasteiger partial charge in [-0.05, 0) is 18.9 Å². The van der Waals surface area contributed by atoms with Crippen molar-refractivity contribution >= 4 is 0 Å². The molecule has 2 rings (SSSR count). The molecule has 1 heterocycles. The molecule has 0 aromatic heterocycles. The maximum atomic E-state index is 9.72. The van der Waals surface area contributed by atoms with Gasteiger partial charge in [0.05, 0.1) is 18.2 Å². The Morgan fingerprint density at radius 2 is 2.16 bits per heavy atom. The molecule has 2 unspecified atom stereocenters. The number of rotatable bonds is 4. The predicted molar refractivity (Wildman–Crippen MR) is 75.9 cm³/mol. The van der Waals surface area contributed by atoms with E-state index in [4.69, 9.17) is 10.5 Å². The van der Waals surface area contributed by atoms with Crippen molar-refractivity contribution in [2.45, 2.75) is 25.0 Å². The molecule has 0 spiro atoms. The fourth-order valence-electron chi connectivity index (χ4n) is 2.63. The Balaban J connectivity index is 2.09. The van der Waals surface area contributed by atoms with Crippen molar-refractivity contribution in [3.05, 3.63) is 35.9 Å². The molecule has 1 aromatic carbocycles. The third-order valence-electron chi connectivity index (χ3n) is 3.67. The van der Waals surface area contributed by atoms with Crippen molar-refractivity contribution in [2.24, 2.45) is 5.73 Å². The fraction of sp³-hybridized carbons (Fsp3) is 0.600. The monoisotopic (exact) mass is 264 g/mol. The van der Waals surface area contributed by atoms with Gasteiger partial charge in [-0.1, -0.05) is 30.3 Å². The van der Waals surface area contributed by atoms with Crippen molar-refractivity contribution in [3.63, 3.8) is 0 Å². The summed E-state index contributed by atoms with van der Waals surface area (Å²) in [6.45, 7) is 5.32. The first-order valence-corrected chi connectivity index (χ1v) is 6.93. The van der Waals surface area contributed by atoms with E-state index in [2.05, 4.69) is 11.8 Å². The van der Waals surface area contributed by atoms with Gasteiger partial charge in [0.15, 0.2) is 0 Å². The van der Waals surface area contributed by atoms with E-state index in [-0.39, 0.29) is 12.7 Å². The van der Waals surface area contributed by atoms with Crippen molar-refractivity contribution < 1.29 is 9.84 Å². The molecule has 4 nitrogen and oxygen atoms in total. The van der Waals surface area contributed by atoms with Crippen LogP contribution in [0.1, 0.15) is 18.9 Å². The molecule has 3 N–H and O–H groups in total. The van der Waals surface area contributed by atoms with Gasteiger partial charge in [0.2, 0.25) is 0 Å². The first-order chi connectivity index (χ1) is 9.14. The zero-order valence-corrected chi connectivity index (χ0v) is 11.6. The Labute approximate surface area is 115 Å². The highest BCUT2D eigenvalue weighted by molar-refractivity contribution is 5.24. The molecule has 1 aliphatic heterocycles. The number of aliphatic hydroxyl groups is 1. The maximum Gasteiger partial charge on any atom is 0.0772 e. The minimum absolute atomic E-state index is 0.0528. The van der Waals surface area contributed by atoms with Crippen LogP contribution in [0.4, 0.5) is 0 Å². The predicted octanol–water partition coefficient (Wildman–Crippen LogP) is 0.944. The van der Waals surface area contributed by atoms with Crippen LogP contribution < -0.4 is 5.73 Å². The topological polar surface area (TPSA) is 58.7 Å². The summed E-state index contributed by atoms with van der Waals surface area (Å²) in [6.07, 6.45) is 1.24. The van der Waals surface area contributed by atoms with Gasteiger partial charge in [-0.2, -0.15) is 0 Å². The smallest absolute Gasteiger partial charge is 0.0772 e. The van der Waals surface area contributed by atoms with Crippen molar-refractivity contribution in [1.82, 2.24) is 4.90 Å².